The van der Waals surface area contributed by atoms with E-state index < -0.39 is 6.10 Å². The molecule has 1 atom stereocenters. The van der Waals surface area contributed by atoms with Crippen molar-refractivity contribution in [2.45, 2.75) is 245 Å². The quantitative estimate of drug-likeness (QED) is 0.0262. The maximum absolute atomic E-state index is 12.8. The zero-order chi connectivity index (χ0) is 45.8. The maximum atomic E-state index is 12.8. The lowest BCUT2D eigenvalue weighted by molar-refractivity contribution is -0.167. The first kappa shape index (κ1) is 59.6. The highest BCUT2D eigenvalue weighted by molar-refractivity contribution is 5.71. The Morgan fingerprint density at radius 3 is 1.05 bits per heavy atom. The van der Waals surface area contributed by atoms with E-state index in [1.165, 1.54) is 57.8 Å². The van der Waals surface area contributed by atoms with Gasteiger partial charge in [-0.15, -0.1) is 0 Å². The monoisotopic (exact) mass is 877 g/mol. The first-order valence-electron chi connectivity index (χ1n) is 26.1. The molecule has 0 aromatic carbocycles. The van der Waals surface area contributed by atoms with Crippen LogP contribution >= 0.6 is 0 Å². The van der Waals surface area contributed by atoms with Gasteiger partial charge in [0, 0.05) is 19.3 Å². The minimum atomic E-state index is -0.796. The van der Waals surface area contributed by atoms with E-state index >= 15 is 0 Å². The van der Waals surface area contributed by atoms with Crippen LogP contribution in [-0.4, -0.2) is 37.2 Å². The predicted molar refractivity (Wildman–Crippen MR) is 270 cm³/mol. The molecule has 0 saturated carbocycles. The number of unbranched alkanes of at least 4 members (excludes halogenated alkanes) is 21. The molecule has 0 rings (SSSR count). The Balaban J connectivity index is 4.46. The second-order valence-electron chi connectivity index (χ2n) is 17.0. The Kier molecular flexibility index (Phi) is 48.5. The molecule has 63 heavy (non-hydrogen) atoms. The first-order valence-corrected chi connectivity index (χ1v) is 26.1. The van der Waals surface area contributed by atoms with E-state index in [9.17, 15) is 14.4 Å². The summed E-state index contributed by atoms with van der Waals surface area (Å²) in [5.41, 5.74) is 0. The highest BCUT2D eigenvalue weighted by atomic mass is 16.6. The van der Waals surface area contributed by atoms with Crippen molar-refractivity contribution < 1.29 is 28.6 Å². The molecule has 0 bridgehead atoms. The number of hydrogen-bond acceptors (Lipinski definition) is 6. The van der Waals surface area contributed by atoms with Crippen LogP contribution in [0, 0.1) is 0 Å². The molecule has 6 nitrogen and oxygen atoms in total. The van der Waals surface area contributed by atoms with Crippen molar-refractivity contribution in [2.75, 3.05) is 13.2 Å². The largest absolute Gasteiger partial charge is 0.462 e. The summed E-state index contributed by atoms with van der Waals surface area (Å²) in [7, 11) is 0. The molecule has 0 spiro atoms. The van der Waals surface area contributed by atoms with Gasteiger partial charge in [-0.3, -0.25) is 14.4 Å². The third-order valence-electron chi connectivity index (χ3n) is 10.8. The van der Waals surface area contributed by atoms with E-state index in [0.29, 0.717) is 19.3 Å². The van der Waals surface area contributed by atoms with Gasteiger partial charge in [0.2, 0.25) is 0 Å². The Morgan fingerprint density at radius 1 is 0.333 bits per heavy atom. The van der Waals surface area contributed by atoms with Crippen LogP contribution in [0.15, 0.2) is 85.1 Å². The minimum Gasteiger partial charge on any atom is -0.462 e. The van der Waals surface area contributed by atoms with Crippen LogP contribution in [0.1, 0.15) is 239 Å². The normalized spacial score (nSPS) is 12.7. The number of hydrogen-bond donors (Lipinski definition) is 0. The summed E-state index contributed by atoms with van der Waals surface area (Å²) in [5, 5.41) is 0. The van der Waals surface area contributed by atoms with Crippen molar-refractivity contribution >= 4 is 17.9 Å². The van der Waals surface area contributed by atoms with Crippen LogP contribution < -0.4 is 0 Å². The maximum Gasteiger partial charge on any atom is 0.306 e. The molecule has 0 aromatic rings. The molecule has 0 aliphatic carbocycles. The summed E-state index contributed by atoms with van der Waals surface area (Å²) in [4.78, 5) is 38.0. The number of esters is 3. The van der Waals surface area contributed by atoms with Crippen LogP contribution in [0.5, 0.6) is 0 Å². The number of carbonyl (C=O) groups excluding carboxylic acids is 3. The molecule has 360 valence electrons. The predicted octanol–water partition coefficient (Wildman–Crippen LogP) is 17.2. The number of rotatable bonds is 46. The van der Waals surface area contributed by atoms with E-state index in [-0.39, 0.29) is 31.1 Å². The first-order chi connectivity index (χ1) is 31.0. The van der Waals surface area contributed by atoms with Gasteiger partial charge in [-0.1, -0.05) is 196 Å². The Hall–Kier alpha value is -3.41. The van der Waals surface area contributed by atoms with Gasteiger partial charge in [0.1, 0.15) is 13.2 Å². The van der Waals surface area contributed by atoms with Crippen LogP contribution in [-0.2, 0) is 28.6 Å². The molecule has 0 amide bonds. The van der Waals surface area contributed by atoms with Crippen molar-refractivity contribution in [1.82, 2.24) is 0 Å². The van der Waals surface area contributed by atoms with Crippen LogP contribution in [0.3, 0.4) is 0 Å². The lowest BCUT2D eigenvalue weighted by atomic mass is 10.1. The second-order valence-corrected chi connectivity index (χ2v) is 17.0. The fourth-order valence-electron chi connectivity index (χ4n) is 6.94. The number of ether oxygens (including phenoxy) is 3. The van der Waals surface area contributed by atoms with Crippen LogP contribution in [0.25, 0.3) is 0 Å². The summed E-state index contributed by atoms with van der Waals surface area (Å²) < 4.78 is 16.8. The van der Waals surface area contributed by atoms with E-state index in [1.54, 1.807) is 0 Å². The summed E-state index contributed by atoms with van der Waals surface area (Å²) in [6.45, 7) is 6.41. The van der Waals surface area contributed by atoms with Crippen LogP contribution in [0.2, 0.25) is 0 Å². The second kappa shape index (κ2) is 51.2. The molecule has 0 N–H and O–H groups in total. The van der Waals surface area contributed by atoms with Gasteiger partial charge in [0.05, 0.1) is 0 Å². The van der Waals surface area contributed by atoms with Gasteiger partial charge in [-0.05, 0) is 109 Å². The molecule has 6 heteroatoms. The molecule has 0 aliphatic heterocycles. The topological polar surface area (TPSA) is 78.9 Å². The fourth-order valence-corrected chi connectivity index (χ4v) is 6.94. The molecule has 0 aromatic heterocycles. The van der Waals surface area contributed by atoms with Gasteiger partial charge in [-0.25, -0.2) is 0 Å². The molecule has 0 saturated heterocycles. The molecule has 0 heterocycles. The average molecular weight is 877 g/mol. The fraction of sp³-hybridized carbons (Fsp3) is 0.702. The van der Waals surface area contributed by atoms with E-state index in [2.05, 4.69) is 106 Å². The lowest BCUT2D eigenvalue weighted by Gasteiger charge is -2.18. The highest BCUT2D eigenvalue weighted by Crippen LogP contribution is 2.13. The smallest absolute Gasteiger partial charge is 0.306 e. The van der Waals surface area contributed by atoms with Crippen LogP contribution in [0.4, 0.5) is 0 Å². The van der Waals surface area contributed by atoms with Crippen molar-refractivity contribution in [3.63, 3.8) is 0 Å². The Labute approximate surface area is 388 Å². The Morgan fingerprint density at radius 2 is 0.651 bits per heavy atom. The standard InChI is InChI=1S/C57H96O6/c1-4-7-10-13-16-19-22-25-27-28-30-32-35-38-41-44-47-50-56(59)62-53-54(52-61-55(58)49-46-43-40-37-34-31-24-21-18-15-12-9-6-3)63-57(60)51-48-45-42-39-36-33-29-26-23-20-17-14-11-8-5-2/h7,10,12,15-16,19,21,24-27,29-30,32,54H,4-6,8-9,11,13-14,17-18,20,22-23,28,31,33-53H2,1-3H3/b10-7-,15-12-,19-16-,24-21-,27-25-,29-26-,32-30-. The van der Waals surface area contributed by atoms with Crippen molar-refractivity contribution in [3.05, 3.63) is 85.1 Å². The zero-order valence-electron chi connectivity index (χ0n) is 41.1. The molecule has 0 radical (unpaired) electrons. The average Bonchev–Trinajstić information content (AvgIpc) is 3.28. The highest BCUT2D eigenvalue weighted by Gasteiger charge is 2.19. The number of carbonyl (C=O) groups is 3. The lowest BCUT2D eigenvalue weighted by Crippen LogP contribution is -2.30. The molecule has 0 fully saturated rings. The Bertz CT molecular complexity index is 1240. The molecule has 1 unspecified atom stereocenters. The van der Waals surface area contributed by atoms with Gasteiger partial charge < -0.3 is 14.2 Å². The zero-order valence-corrected chi connectivity index (χ0v) is 41.1. The van der Waals surface area contributed by atoms with Crippen molar-refractivity contribution in [2.24, 2.45) is 0 Å². The van der Waals surface area contributed by atoms with Crippen molar-refractivity contribution in [1.29, 1.82) is 0 Å². The third kappa shape index (κ3) is 49.5. The molecule has 0 aliphatic rings. The van der Waals surface area contributed by atoms with Gasteiger partial charge in [0.15, 0.2) is 6.10 Å². The van der Waals surface area contributed by atoms with E-state index in [1.807, 2.05) is 0 Å². The van der Waals surface area contributed by atoms with Crippen molar-refractivity contribution in [3.8, 4) is 0 Å². The summed E-state index contributed by atoms with van der Waals surface area (Å²) in [6.07, 6.45) is 65.6. The summed E-state index contributed by atoms with van der Waals surface area (Å²) >= 11 is 0. The SMILES string of the molecule is CC/C=C\C/C=C\C/C=C\C/C=C\CCCCCCC(=O)OCC(COC(=O)CCCCCCC/C=C\C/C=C\CCC)OC(=O)CCCCCCC/C=C\CCCCCCCC. The van der Waals surface area contributed by atoms with E-state index in [0.717, 1.165) is 141 Å². The minimum absolute atomic E-state index is 0.0957. The summed E-state index contributed by atoms with van der Waals surface area (Å²) in [5.74, 6) is -0.942. The van der Waals surface area contributed by atoms with Gasteiger partial charge in [0.25, 0.3) is 0 Å². The van der Waals surface area contributed by atoms with Gasteiger partial charge in [-0.2, -0.15) is 0 Å². The molecular formula is C57H96O6. The van der Waals surface area contributed by atoms with E-state index in [4.69, 9.17) is 14.2 Å². The summed E-state index contributed by atoms with van der Waals surface area (Å²) in [6, 6.07) is 0. The number of allylic oxidation sites excluding steroid dienone is 14. The molecular weight excluding hydrogens is 781 g/mol. The van der Waals surface area contributed by atoms with Gasteiger partial charge >= 0.3 is 17.9 Å². The third-order valence-corrected chi connectivity index (χ3v) is 10.8.